The molecule has 0 atom stereocenters. The minimum atomic E-state index is 1.12. The van der Waals surface area contributed by atoms with E-state index < -0.39 is 0 Å². The topological polar surface area (TPSA) is 9.86 Å². The first-order valence-electron chi connectivity index (χ1n) is 27.2. The number of aromatic nitrogens is 2. The van der Waals surface area contributed by atoms with E-state index in [0.29, 0.717) is 0 Å². The molecule has 2 nitrogen and oxygen atoms in total. The van der Waals surface area contributed by atoms with E-state index >= 15 is 0 Å². The highest BCUT2D eigenvalue weighted by atomic mass is 15.0. The molecule has 0 N–H and O–H groups in total. The number of benzene rings is 12. The molecule has 15 rings (SSSR count). The number of para-hydroxylation sites is 2. The Labute approximate surface area is 455 Å². The Morgan fingerprint density at radius 2 is 0.538 bits per heavy atom. The summed E-state index contributed by atoms with van der Waals surface area (Å²) in [6.45, 7) is 8.65. The maximum atomic E-state index is 2.48. The van der Waals surface area contributed by atoms with Gasteiger partial charge in [0.05, 0.1) is 22.4 Å². The van der Waals surface area contributed by atoms with Crippen molar-refractivity contribution in [1.82, 2.24) is 9.13 Å². The highest BCUT2D eigenvalue weighted by Gasteiger charge is 2.31. The zero-order chi connectivity index (χ0) is 52.2. The van der Waals surface area contributed by atoms with Gasteiger partial charge in [0.1, 0.15) is 0 Å². The van der Waals surface area contributed by atoms with Gasteiger partial charge in [0.2, 0.25) is 0 Å². The first kappa shape index (κ1) is 45.6. The zero-order valence-electron chi connectivity index (χ0n) is 44.1. The number of rotatable bonds is 8. The van der Waals surface area contributed by atoms with Crippen LogP contribution in [0.4, 0.5) is 0 Å². The third kappa shape index (κ3) is 7.10. The predicted molar refractivity (Wildman–Crippen MR) is 331 cm³/mol. The maximum absolute atomic E-state index is 2.48. The minimum absolute atomic E-state index is 1.12. The summed E-state index contributed by atoms with van der Waals surface area (Å²) in [5.41, 5.74) is 29.4. The van der Waals surface area contributed by atoms with Crippen LogP contribution in [0.1, 0.15) is 22.3 Å². The molecule has 368 valence electrons. The van der Waals surface area contributed by atoms with Gasteiger partial charge in [-0.05, 0) is 152 Å². The third-order valence-corrected chi connectivity index (χ3v) is 16.6. The molecule has 0 fully saturated rings. The zero-order valence-corrected chi connectivity index (χ0v) is 44.1. The van der Waals surface area contributed by atoms with Crippen LogP contribution in [0.3, 0.4) is 0 Å². The monoisotopic (exact) mass is 994 g/mol. The lowest BCUT2D eigenvalue weighted by Crippen LogP contribution is -1.99. The van der Waals surface area contributed by atoms with Crippen LogP contribution in [0.5, 0.6) is 0 Å². The summed E-state index contributed by atoms with van der Waals surface area (Å²) in [4.78, 5) is 0. The average molecular weight is 995 g/mol. The highest BCUT2D eigenvalue weighted by molar-refractivity contribution is 6.27. The Balaban J connectivity index is 0.933. The molecule has 0 spiro atoms. The van der Waals surface area contributed by atoms with Crippen molar-refractivity contribution in [3.63, 3.8) is 0 Å². The Morgan fingerprint density at radius 3 is 0.910 bits per heavy atom. The molecule has 0 unspecified atom stereocenters. The summed E-state index contributed by atoms with van der Waals surface area (Å²) >= 11 is 0. The van der Waals surface area contributed by atoms with E-state index in [1.54, 1.807) is 0 Å². The summed E-state index contributed by atoms with van der Waals surface area (Å²) in [7, 11) is 0. The maximum Gasteiger partial charge on any atom is 0.0619 e. The second-order valence-corrected chi connectivity index (χ2v) is 21.5. The van der Waals surface area contributed by atoms with Gasteiger partial charge in [0.15, 0.2) is 0 Å². The van der Waals surface area contributed by atoms with Crippen LogP contribution < -0.4 is 0 Å². The van der Waals surface area contributed by atoms with E-state index in [-0.39, 0.29) is 0 Å². The predicted octanol–water partition coefficient (Wildman–Crippen LogP) is 20.8. The summed E-state index contributed by atoms with van der Waals surface area (Å²) < 4.78 is 4.96. The van der Waals surface area contributed by atoms with Gasteiger partial charge in [-0.2, -0.15) is 0 Å². The molecule has 2 heteroatoms. The summed E-state index contributed by atoms with van der Waals surface area (Å²) in [5, 5.41) is 7.52. The van der Waals surface area contributed by atoms with Gasteiger partial charge < -0.3 is 9.13 Å². The van der Waals surface area contributed by atoms with E-state index in [1.807, 2.05) is 0 Å². The van der Waals surface area contributed by atoms with Gasteiger partial charge in [-0.25, -0.2) is 0 Å². The molecule has 1 aliphatic rings. The molecule has 2 aromatic heterocycles. The summed E-state index contributed by atoms with van der Waals surface area (Å²) in [6, 6.07) is 95.5. The van der Waals surface area contributed by atoms with Crippen molar-refractivity contribution >= 4 is 43.4 Å². The Bertz CT molecular complexity index is 4380. The largest absolute Gasteiger partial charge is 0.309 e. The third-order valence-electron chi connectivity index (χ3n) is 16.6. The number of aryl methyl sites for hydroxylation is 4. The van der Waals surface area contributed by atoms with Crippen LogP contribution in [0.15, 0.2) is 255 Å². The summed E-state index contributed by atoms with van der Waals surface area (Å²) in [5.74, 6) is 0. The quantitative estimate of drug-likeness (QED) is 0.144. The van der Waals surface area contributed by atoms with E-state index in [1.165, 1.54) is 155 Å². The van der Waals surface area contributed by atoms with Crippen molar-refractivity contribution in [2.75, 3.05) is 0 Å². The van der Waals surface area contributed by atoms with Gasteiger partial charge >= 0.3 is 0 Å². The molecular weight excluding hydrogens is 941 g/mol. The van der Waals surface area contributed by atoms with Crippen LogP contribution in [0, 0.1) is 27.7 Å². The smallest absolute Gasteiger partial charge is 0.0619 e. The Hall–Kier alpha value is -9.76. The Kier molecular flexibility index (Phi) is 10.5. The van der Waals surface area contributed by atoms with E-state index in [2.05, 4.69) is 292 Å². The average Bonchev–Trinajstić information content (AvgIpc) is 4.24. The van der Waals surface area contributed by atoms with Crippen LogP contribution >= 0.6 is 0 Å². The van der Waals surface area contributed by atoms with Crippen molar-refractivity contribution in [2.24, 2.45) is 0 Å². The van der Waals surface area contributed by atoms with Crippen molar-refractivity contribution < 1.29 is 0 Å². The van der Waals surface area contributed by atoms with Crippen LogP contribution in [0.25, 0.3) is 144 Å². The molecule has 0 radical (unpaired) electrons. The first-order chi connectivity index (χ1) is 38.4. The molecule has 14 aromatic rings. The fraction of sp³-hybridized carbons (Fsp3) is 0.0526. The molecule has 2 heterocycles. The SMILES string of the molecule is Cc1ccc(-c2c(-c3ccc(C)cc3)n(-c3ccc(-c4c5c(c(-c6ccc(-n7c(-c8ccc(C)cc8)c(-c8ccc(C)cc8)c8ccccc87)cc6)c6ccccc46)-c4cccc6cccc-5c46)cc3)c3ccccc23)cc1. The lowest BCUT2D eigenvalue weighted by molar-refractivity contribution is 1.13. The minimum Gasteiger partial charge on any atom is -0.309 e. The highest BCUT2D eigenvalue weighted by Crippen LogP contribution is 2.58. The molecule has 0 saturated heterocycles. The molecule has 0 amide bonds. The van der Waals surface area contributed by atoms with E-state index in [9.17, 15) is 0 Å². The van der Waals surface area contributed by atoms with Gasteiger partial charge in [0.25, 0.3) is 0 Å². The standard InChI is InChI=1S/C76H54N2/c1-47-23-31-54(32-24-47)71-62-17-7-9-21-66(62)77(75(71)56-35-27-49(3)28-36-56)58-43-39-52(40-44-58)69-60-15-5-6-16-61(60)70(74-65-20-12-14-51-13-11-19-64(68(51)65)73(69)74)53-41-45-59(46-42-53)78-67-22-10-8-18-63(67)72(55-33-25-48(2)26-34-55)76(78)57-37-29-50(4)30-38-57/h5-46H,1-4H3. The van der Waals surface area contributed by atoms with Gasteiger partial charge in [-0.3, -0.25) is 0 Å². The molecule has 78 heavy (non-hydrogen) atoms. The lowest BCUT2D eigenvalue weighted by atomic mass is 9.82. The second kappa shape index (κ2) is 17.9. The van der Waals surface area contributed by atoms with Crippen molar-refractivity contribution in [2.45, 2.75) is 27.7 Å². The van der Waals surface area contributed by atoms with Crippen LogP contribution in [0.2, 0.25) is 0 Å². The number of hydrogen-bond acceptors (Lipinski definition) is 0. The van der Waals surface area contributed by atoms with E-state index in [0.717, 1.165) is 11.4 Å². The fourth-order valence-corrected chi connectivity index (χ4v) is 12.9. The number of nitrogens with zero attached hydrogens (tertiary/aromatic N) is 2. The van der Waals surface area contributed by atoms with E-state index in [4.69, 9.17) is 0 Å². The normalized spacial score (nSPS) is 11.8. The van der Waals surface area contributed by atoms with Crippen LogP contribution in [-0.4, -0.2) is 9.13 Å². The molecular formula is C76H54N2. The molecule has 0 saturated carbocycles. The van der Waals surface area contributed by atoms with Crippen molar-refractivity contribution in [3.8, 4) is 101 Å². The van der Waals surface area contributed by atoms with Gasteiger partial charge in [-0.1, -0.05) is 241 Å². The fourth-order valence-electron chi connectivity index (χ4n) is 12.9. The summed E-state index contributed by atoms with van der Waals surface area (Å²) in [6.07, 6.45) is 0. The number of hydrogen-bond donors (Lipinski definition) is 0. The van der Waals surface area contributed by atoms with Crippen molar-refractivity contribution in [1.29, 1.82) is 0 Å². The molecule has 12 aromatic carbocycles. The second-order valence-electron chi connectivity index (χ2n) is 21.5. The molecule has 0 bridgehead atoms. The molecule has 0 aliphatic heterocycles. The van der Waals surface area contributed by atoms with Crippen molar-refractivity contribution in [3.05, 3.63) is 277 Å². The van der Waals surface area contributed by atoms with Crippen LogP contribution in [-0.2, 0) is 0 Å². The first-order valence-corrected chi connectivity index (χ1v) is 27.2. The molecule has 1 aliphatic carbocycles. The van der Waals surface area contributed by atoms with Gasteiger partial charge in [-0.15, -0.1) is 0 Å². The Morgan fingerprint density at radius 1 is 0.231 bits per heavy atom. The lowest BCUT2D eigenvalue weighted by Gasteiger charge is -2.21. The number of fused-ring (bicyclic) bond motifs is 6. The van der Waals surface area contributed by atoms with Gasteiger partial charge in [0, 0.05) is 33.3 Å².